The molecule has 2 aromatic heterocycles. The number of carbonyl (C=O) groups is 4. The van der Waals surface area contributed by atoms with Crippen molar-refractivity contribution in [2.45, 2.75) is 57.0 Å². The van der Waals surface area contributed by atoms with Crippen LogP contribution in [0.5, 0.6) is 0 Å². The summed E-state index contributed by atoms with van der Waals surface area (Å²) in [6.07, 6.45) is 0.124. The van der Waals surface area contributed by atoms with Crippen LogP contribution < -0.4 is 25.2 Å². The third-order valence-corrected chi connectivity index (χ3v) is 13.2. The number of hydrogen-bond donors (Lipinski definition) is 3. The third-order valence-electron chi connectivity index (χ3n) is 12.0. The SMILES string of the molecule is CN(c1ncccc1CNc1nc(Nc2ccc(N3CCC(N4CCN(Cc5cc(F)c6c(c5)C(=O)N(C5CCC(=O)NC5=O)C6=O)CC4)CC3)cc2)ncc1C(F)(F)F)S(C)(=O)=O. The Bertz CT molecular complexity index is 2580. The maximum Gasteiger partial charge on any atom is 0.421 e. The number of aromatic nitrogens is 3. The van der Waals surface area contributed by atoms with Crippen LogP contribution in [0.4, 0.5) is 46.5 Å². The molecule has 0 spiro atoms. The Hall–Kier alpha value is -6.26. The number of benzene rings is 2. The molecule has 1 atom stereocenters. The van der Waals surface area contributed by atoms with Crippen LogP contribution in [0.2, 0.25) is 0 Å². The highest BCUT2D eigenvalue weighted by Gasteiger charge is 2.46. The summed E-state index contributed by atoms with van der Waals surface area (Å²) in [5, 5.41) is 7.81. The predicted molar refractivity (Wildman–Crippen MR) is 227 cm³/mol. The van der Waals surface area contributed by atoms with Gasteiger partial charge in [-0.15, -0.1) is 0 Å². The van der Waals surface area contributed by atoms with Crippen LogP contribution in [-0.4, -0.2) is 126 Å². The number of nitrogens with one attached hydrogen (secondary N) is 3. The molecule has 0 aliphatic carbocycles. The minimum absolute atomic E-state index is 0.0115. The maximum absolute atomic E-state index is 15.3. The molecule has 8 rings (SSSR count). The molecule has 22 heteroatoms. The predicted octanol–water partition coefficient (Wildman–Crippen LogP) is 3.97. The molecule has 3 saturated heterocycles. The van der Waals surface area contributed by atoms with Crippen molar-refractivity contribution in [1.82, 2.24) is 35.0 Å². The Morgan fingerprint density at radius 1 is 0.922 bits per heavy atom. The zero-order valence-electron chi connectivity index (χ0n) is 34.9. The van der Waals surface area contributed by atoms with Crippen LogP contribution in [0.1, 0.15) is 63.1 Å². The lowest BCUT2D eigenvalue weighted by Crippen LogP contribution is -2.54. The van der Waals surface area contributed by atoms with Gasteiger partial charge in [0.2, 0.25) is 27.8 Å². The Labute approximate surface area is 365 Å². The third kappa shape index (κ3) is 9.34. The van der Waals surface area contributed by atoms with Crippen molar-refractivity contribution in [2.24, 2.45) is 0 Å². The highest BCUT2D eigenvalue weighted by Crippen LogP contribution is 2.36. The van der Waals surface area contributed by atoms with Gasteiger partial charge in [-0.05, 0) is 67.3 Å². The summed E-state index contributed by atoms with van der Waals surface area (Å²) in [5.74, 6) is -4.17. The fourth-order valence-electron chi connectivity index (χ4n) is 8.58. The second kappa shape index (κ2) is 17.7. The van der Waals surface area contributed by atoms with Crippen LogP contribution in [0.15, 0.2) is 60.9 Å². The van der Waals surface area contributed by atoms with Crippen molar-refractivity contribution < 1.29 is 45.2 Å². The van der Waals surface area contributed by atoms with Gasteiger partial charge in [0.25, 0.3) is 11.8 Å². The number of halogens is 4. The van der Waals surface area contributed by atoms with Gasteiger partial charge in [-0.2, -0.15) is 18.2 Å². The monoisotopic (exact) mass is 907 g/mol. The van der Waals surface area contributed by atoms with E-state index in [4.69, 9.17) is 0 Å². The summed E-state index contributed by atoms with van der Waals surface area (Å²) >= 11 is 0. The largest absolute Gasteiger partial charge is 0.421 e. The van der Waals surface area contributed by atoms with Crippen LogP contribution in [-0.2, 0) is 38.9 Å². The van der Waals surface area contributed by atoms with Gasteiger partial charge >= 0.3 is 6.18 Å². The van der Waals surface area contributed by atoms with Crippen LogP contribution >= 0.6 is 0 Å². The molecule has 3 fully saturated rings. The van der Waals surface area contributed by atoms with E-state index < -0.39 is 63.1 Å². The smallest absolute Gasteiger partial charge is 0.371 e. The van der Waals surface area contributed by atoms with Crippen LogP contribution in [0, 0.1) is 5.82 Å². The van der Waals surface area contributed by atoms with Crippen molar-refractivity contribution in [3.05, 3.63) is 94.6 Å². The molecule has 338 valence electrons. The number of pyridine rings is 1. The molecule has 17 nitrogen and oxygen atoms in total. The zero-order chi connectivity index (χ0) is 45.5. The second-order valence-electron chi connectivity index (χ2n) is 16.2. The number of sulfonamides is 1. The van der Waals surface area contributed by atoms with Gasteiger partial charge in [-0.1, -0.05) is 6.07 Å². The summed E-state index contributed by atoms with van der Waals surface area (Å²) < 4.78 is 82.5. The van der Waals surface area contributed by atoms with Crippen molar-refractivity contribution in [3.8, 4) is 0 Å². The number of fused-ring (bicyclic) bond motifs is 1. The van der Waals surface area contributed by atoms with Gasteiger partial charge in [0, 0.05) is 101 Å². The first-order chi connectivity index (χ1) is 30.4. The Morgan fingerprint density at radius 2 is 1.64 bits per heavy atom. The lowest BCUT2D eigenvalue weighted by Gasteiger charge is -2.43. The summed E-state index contributed by atoms with van der Waals surface area (Å²) in [5.41, 5.74) is 0.914. The molecule has 3 N–H and O–H groups in total. The van der Waals surface area contributed by atoms with E-state index in [0.29, 0.717) is 35.6 Å². The lowest BCUT2D eigenvalue weighted by atomic mass is 10.0. The molecule has 6 heterocycles. The zero-order valence-corrected chi connectivity index (χ0v) is 35.7. The van der Waals surface area contributed by atoms with Gasteiger partial charge in [0.1, 0.15) is 29.1 Å². The number of piperazine rings is 1. The van der Waals surface area contributed by atoms with Gasteiger partial charge in [0.05, 0.1) is 17.4 Å². The van der Waals surface area contributed by atoms with E-state index in [1.54, 1.807) is 24.3 Å². The molecular weight excluding hydrogens is 863 g/mol. The fourth-order valence-corrected chi connectivity index (χ4v) is 9.06. The first-order valence-corrected chi connectivity index (χ1v) is 22.5. The van der Waals surface area contributed by atoms with Crippen molar-refractivity contribution in [2.75, 3.05) is 72.4 Å². The standard InChI is InChI=1S/C42H45F4N11O6S/c1-53(64(2,62)63)37-26(4-3-13-47-37)22-48-36-31(42(44,45)46)23-49-41(52-36)50-27-5-7-28(8-6-27)55-14-11-29(12-15-55)56-18-16-54(17-19-56)24-25-20-30-35(32(43)21-25)40(61)57(39(30)60)33-9-10-34(58)51-38(33)59/h3-8,13,20-21,23,29,33H,9-12,14-19,22,24H2,1-2H3,(H,51,58,59)(H2,48,49,50,52). The average molecular weight is 908 g/mol. The highest BCUT2D eigenvalue weighted by atomic mass is 32.2. The molecule has 4 aromatic rings. The molecular formula is C42H45F4N11O6S. The number of imide groups is 2. The van der Waals surface area contributed by atoms with Crippen molar-refractivity contribution in [3.63, 3.8) is 0 Å². The molecule has 2 aromatic carbocycles. The Kier molecular flexibility index (Phi) is 12.3. The molecule has 4 aliphatic rings. The van der Waals surface area contributed by atoms with E-state index in [0.717, 1.165) is 73.3 Å². The molecule has 1 unspecified atom stereocenters. The summed E-state index contributed by atoms with van der Waals surface area (Å²) in [7, 11) is -2.38. The number of nitrogens with zero attached hydrogens (tertiary/aromatic N) is 8. The molecule has 0 saturated carbocycles. The number of anilines is 5. The van der Waals surface area contributed by atoms with Gasteiger partial charge in [-0.25, -0.2) is 22.8 Å². The topological polar surface area (TPSA) is 193 Å². The summed E-state index contributed by atoms with van der Waals surface area (Å²) in [6, 6.07) is 12.5. The van der Waals surface area contributed by atoms with Gasteiger partial charge < -0.3 is 15.5 Å². The molecule has 0 radical (unpaired) electrons. The highest BCUT2D eigenvalue weighted by molar-refractivity contribution is 7.92. The molecule has 4 amide bonds. The number of amides is 4. The minimum atomic E-state index is -4.77. The molecule has 64 heavy (non-hydrogen) atoms. The van der Waals surface area contributed by atoms with Crippen LogP contribution in [0.25, 0.3) is 0 Å². The maximum atomic E-state index is 15.3. The fraction of sp³-hybridized carbons (Fsp3) is 0.405. The van der Waals surface area contributed by atoms with E-state index in [1.807, 2.05) is 12.1 Å². The number of piperidine rings is 2. The van der Waals surface area contributed by atoms with Crippen LogP contribution in [0.3, 0.4) is 0 Å². The number of carbonyl (C=O) groups excluding carboxylic acids is 4. The summed E-state index contributed by atoms with van der Waals surface area (Å²) in [6.45, 7) is 4.84. The normalized spacial score (nSPS) is 19.2. The van der Waals surface area contributed by atoms with E-state index >= 15 is 4.39 Å². The quantitative estimate of drug-likeness (QED) is 0.137. The van der Waals surface area contributed by atoms with Gasteiger partial charge in [-0.3, -0.25) is 43.5 Å². The van der Waals surface area contributed by atoms with E-state index in [9.17, 15) is 40.8 Å². The van der Waals surface area contributed by atoms with E-state index in [-0.39, 0.29) is 42.3 Å². The minimum Gasteiger partial charge on any atom is -0.371 e. The lowest BCUT2D eigenvalue weighted by molar-refractivity contribution is -0.138. The number of hydrogen-bond acceptors (Lipinski definition) is 14. The van der Waals surface area contributed by atoms with Crippen molar-refractivity contribution >= 4 is 62.6 Å². The Morgan fingerprint density at radius 3 is 2.31 bits per heavy atom. The van der Waals surface area contributed by atoms with E-state index in [1.165, 1.54) is 25.4 Å². The first-order valence-electron chi connectivity index (χ1n) is 20.6. The van der Waals surface area contributed by atoms with Crippen molar-refractivity contribution in [1.29, 1.82) is 0 Å². The number of alkyl halides is 3. The Balaban J connectivity index is 0.827. The molecule has 4 aliphatic heterocycles. The number of rotatable bonds is 12. The second-order valence-corrected chi connectivity index (χ2v) is 18.2. The van der Waals surface area contributed by atoms with Gasteiger partial charge in [0.15, 0.2) is 0 Å². The first kappa shape index (κ1) is 44.4. The van der Waals surface area contributed by atoms with E-state index in [2.05, 4.69) is 45.6 Å². The average Bonchev–Trinajstić information content (AvgIpc) is 3.51. The summed E-state index contributed by atoms with van der Waals surface area (Å²) in [4.78, 5) is 70.2. The molecule has 0 bridgehead atoms.